The van der Waals surface area contributed by atoms with Gasteiger partial charge in [-0.1, -0.05) is 29.8 Å². The Morgan fingerprint density at radius 2 is 1.56 bits per heavy atom. The molecule has 170 valence electrons. The Bertz CT molecular complexity index is 1010. The minimum Gasteiger partial charge on any atom is -0.493 e. The Hall–Kier alpha value is -3.00. The van der Waals surface area contributed by atoms with Crippen LogP contribution < -0.4 is 24.3 Å². The molecule has 3 aromatic rings. The number of aromatic nitrogens is 1. The summed E-state index contributed by atoms with van der Waals surface area (Å²) in [5.41, 5.74) is 2.65. The number of halogens is 1. The van der Waals surface area contributed by atoms with Crippen molar-refractivity contribution in [2.75, 3.05) is 27.9 Å². The molecule has 1 heterocycles. The van der Waals surface area contributed by atoms with E-state index in [1.165, 1.54) is 0 Å². The van der Waals surface area contributed by atoms with Crippen LogP contribution in [0.15, 0.2) is 54.7 Å². The SMILES string of the molecule is COc1ccc(C(O)CNCc2ccc(OCc3ccc(Cl)nc3)c(OC)c2)cc1OC. The Labute approximate surface area is 192 Å². The molecule has 0 saturated carbocycles. The first-order valence-electron chi connectivity index (χ1n) is 10.0. The highest BCUT2D eigenvalue weighted by atomic mass is 35.5. The number of nitrogens with zero attached hydrogens (tertiary/aromatic N) is 1. The van der Waals surface area contributed by atoms with Gasteiger partial charge >= 0.3 is 0 Å². The van der Waals surface area contributed by atoms with E-state index < -0.39 is 6.10 Å². The third-order valence-corrected chi connectivity index (χ3v) is 5.09. The molecular weight excluding hydrogens is 432 g/mol. The topological polar surface area (TPSA) is 82.1 Å². The molecule has 0 aliphatic heterocycles. The summed E-state index contributed by atoms with van der Waals surface area (Å²) in [5.74, 6) is 2.47. The fraction of sp³-hybridized carbons (Fsp3) is 0.292. The number of aliphatic hydroxyl groups excluding tert-OH is 1. The van der Waals surface area contributed by atoms with E-state index >= 15 is 0 Å². The predicted octanol–water partition coefficient (Wildman–Crippen LogP) is 4.16. The van der Waals surface area contributed by atoms with Crippen molar-refractivity contribution in [2.24, 2.45) is 0 Å². The zero-order valence-electron chi connectivity index (χ0n) is 18.3. The highest BCUT2D eigenvalue weighted by Crippen LogP contribution is 2.30. The van der Waals surface area contributed by atoms with Crippen LogP contribution in [0.3, 0.4) is 0 Å². The molecule has 0 aliphatic carbocycles. The van der Waals surface area contributed by atoms with Gasteiger partial charge < -0.3 is 29.4 Å². The molecule has 0 aliphatic rings. The standard InChI is InChI=1S/C24H27ClN2O5/c1-29-20-8-6-18(11-23(20)31-3)19(28)14-26-12-16-4-7-21(22(10-16)30-2)32-15-17-5-9-24(25)27-13-17/h4-11,13,19,26,28H,12,14-15H2,1-3H3. The summed E-state index contributed by atoms with van der Waals surface area (Å²) in [6, 6.07) is 14.7. The molecule has 1 aromatic heterocycles. The molecule has 1 unspecified atom stereocenters. The van der Waals surface area contributed by atoms with Crippen molar-refractivity contribution in [3.05, 3.63) is 76.6 Å². The first-order valence-corrected chi connectivity index (χ1v) is 10.4. The molecule has 2 aromatic carbocycles. The lowest BCUT2D eigenvalue weighted by atomic mass is 10.1. The summed E-state index contributed by atoms with van der Waals surface area (Å²) in [6.45, 7) is 1.29. The van der Waals surface area contributed by atoms with Gasteiger partial charge in [0.05, 0.1) is 27.4 Å². The van der Waals surface area contributed by atoms with Crippen LogP contribution in [-0.4, -0.2) is 38.0 Å². The molecule has 0 amide bonds. The lowest BCUT2D eigenvalue weighted by Crippen LogP contribution is -2.21. The number of hydrogen-bond donors (Lipinski definition) is 2. The highest BCUT2D eigenvalue weighted by Gasteiger charge is 2.12. The van der Waals surface area contributed by atoms with E-state index in [1.807, 2.05) is 30.3 Å². The monoisotopic (exact) mass is 458 g/mol. The van der Waals surface area contributed by atoms with Gasteiger partial charge in [-0.05, 0) is 41.5 Å². The second-order valence-electron chi connectivity index (χ2n) is 7.02. The molecule has 0 bridgehead atoms. The average molecular weight is 459 g/mol. The van der Waals surface area contributed by atoms with Gasteiger partial charge in [0.2, 0.25) is 0 Å². The number of hydrogen-bond acceptors (Lipinski definition) is 7. The zero-order chi connectivity index (χ0) is 22.9. The third kappa shape index (κ3) is 6.26. The van der Waals surface area contributed by atoms with Crippen LogP contribution in [0.5, 0.6) is 23.0 Å². The molecule has 2 N–H and O–H groups in total. The van der Waals surface area contributed by atoms with Gasteiger partial charge in [0.25, 0.3) is 0 Å². The van der Waals surface area contributed by atoms with Crippen LogP contribution >= 0.6 is 11.6 Å². The van der Waals surface area contributed by atoms with E-state index in [9.17, 15) is 5.11 Å². The van der Waals surface area contributed by atoms with Gasteiger partial charge in [0.15, 0.2) is 23.0 Å². The van der Waals surface area contributed by atoms with E-state index in [2.05, 4.69) is 10.3 Å². The normalized spacial score (nSPS) is 11.7. The van der Waals surface area contributed by atoms with Crippen molar-refractivity contribution in [3.63, 3.8) is 0 Å². The lowest BCUT2D eigenvalue weighted by Gasteiger charge is -2.16. The zero-order valence-corrected chi connectivity index (χ0v) is 19.1. The van der Waals surface area contributed by atoms with Crippen LogP contribution in [0, 0.1) is 0 Å². The number of ether oxygens (including phenoxy) is 4. The Balaban J connectivity index is 1.55. The maximum atomic E-state index is 10.5. The van der Waals surface area contributed by atoms with Gasteiger partial charge in [-0.3, -0.25) is 0 Å². The van der Waals surface area contributed by atoms with Gasteiger partial charge in [0.1, 0.15) is 11.8 Å². The second kappa shape index (κ2) is 11.6. The van der Waals surface area contributed by atoms with Crippen molar-refractivity contribution < 1.29 is 24.1 Å². The minimum atomic E-state index is -0.688. The second-order valence-corrected chi connectivity index (χ2v) is 7.41. The van der Waals surface area contributed by atoms with Gasteiger partial charge in [-0.15, -0.1) is 0 Å². The quantitative estimate of drug-likeness (QED) is 0.417. The Kier molecular flexibility index (Phi) is 8.56. The van der Waals surface area contributed by atoms with Gasteiger partial charge in [-0.25, -0.2) is 4.98 Å². The van der Waals surface area contributed by atoms with Crippen LogP contribution in [0.2, 0.25) is 5.15 Å². The number of methoxy groups -OCH3 is 3. The molecule has 7 nitrogen and oxygen atoms in total. The average Bonchev–Trinajstić information content (AvgIpc) is 2.83. The molecular formula is C24H27ClN2O5. The van der Waals surface area contributed by atoms with E-state index in [0.717, 1.165) is 16.7 Å². The summed E-state index contributed by atoms with van der Waals surface area (Å²) >= 11 is 5.81. The number of benzene rings is 2. The first-order chi connectivity index (χ1) is 15.5. The number of pyridine rings is 1. The smallest absolute Gasteiger partial charge is 0.161 e. The van der Waals surface area contributed by atoms with E-state index in [-0.39, 0.29) is 0 Å². The lowest BCUT2D eigenvalue weighted by molar-refractivity contribution is 0.174. The van der Waals surface area contributed by atoms with Crippen molar-refractivity contribution in [3.8, 4) is 23.0 Å². The molecule has 8 heteroatoms. The van der Waals surface area contributed by atoms with Crippen molar-refractivity contribution >= 4 is 11.6 Å². The van der Waals surface area contributed by atoms with Crippen molar-refractivity contribution in [2.45, 2.75) is 19.3 Å². The largest absolute Gasteiger partial charge is 0.493 e. The van der Waals surface area contributed by atoms with Gasteiger partial charge in [-0.2, -0.15) is 0 Å². The highest BCUT2D eigenvalue weighted by molar-refractivity contribution is 6.29. The summed E-state index contributed by atoms with van der Waals surface area (Å²) < 4.78 is 21.9. The summed E-state index contributed by atoms with van der Waals surface area (Å²) in [4.78, 5) is 4.05. The molecule has 3 rings (SSSR count). The van der Waals surface area contributed by atoms with Crippen LogP contribution in [0.4, 0.5) is 0 Å². The molecule has 0 saturated heterocycles. The molecule has 32 heavy (non-hydrogen) atoms. The third-order valence-electron chi connectivity index (χ3n) is 4.87. The summed E-state index contributed by atoms with van der Waals surface area (Å²) in [7, 11) is 4.75. The van der Waals surface area contributed by atoms with Crippen molar-refractivity contribution in [1.82, 2.24) is 10.3 Å². The molecule has 0 spiro atoms. The Morgan fingerprint density at radius 1 is 0.875 bits per heavy atom. The fourth-order valence-electron chi connectivity index (χ4n) is 3.13. The van der Waals surface area contributed by atoms with E-state index in [1.54, 1.807) is 45.7 Å². The fourth-order valence-corrected chi connectivity index (χ4v) is 3.24. The van der Waals surface area contributed by atoms with E-state index in [0.29, 0.717) is 47.8 Å². The maximum absolute atomic E-state index is 10.5. The van der Waals surface area contributed by atoms with E-state index in [4.69, 9.17) is 30.5 Å². The molecule has 0 radical (unpaired) electrons. The Morgan fingerprint density at radius 3 is 2.25 bits per heavy atom. The van der Waals surface area contributed by atoms with Crippen LogP contribution in [0.25, 0.3) is 0 Å². The number of nitrogens with one attached hydrogen (secondary N) is 1. The van der Waals surface area contributed by atoms with Crippen molar-refractivity contribution in [1.29, 1.82) is 0 Å². The summed E-state index contributed by atoms with van der Waals surface area (Å²) in [5, 5.41) is 14.2. The molecule has 1 atom stereocenters. The minimum absolute atomic E-state index is 0.357. The number of rotatable bonds is 11. The first kappa shape index (κ1) is 23.7. The molecule has 0 fully saturated rings. The summed E-state index contributed by atoms with van der Waals surface area (Å²) in [6.07, 6.45) is 0.990. The van der Waals surface area contributed by atoms with Crippen LogP contribution in [-0.2, 0) is 13.2 Å². The van der Waals surface area contributed by atoms with Crippen LogP contribution in [0.1, 0.15) is 22.8 Å². The predicted molar refractivity (Wildman–Crippen MR) is 123 cm³/mol. The number of aliphatic hydroxyl groups is 1. The maximum Gasteiger partial charge on any atom is 0.161 e. The van der Waals surface area contributed by atoms with Gasteiger partial charge in [0, 0.05) is 24.8 Å².